The van der Waals surface area contributed by atoms with Gasteiger partial charge in [0.15, 0.2) is 12.6 Å². The number of hydrogen-bond acceptors (Lipinski definition) is 17. The molecule has 0 radical (unpaired) electrons. The number of para-hydroxylation sites is 1. The van der Waals surface area contributed by atoms with Gasteiger partial charge in [0.05, 0.1) is 46.4 Å². The van der Waals surface area contributed by atoms with Crippen molar-refractivity contribution in [1.82, 2.24) is 14.5 Å². The second kappa shape index (κ2) is 24.2. The van der Waals surface area contributed by atoms with E-state index in [0.29, 0.717) is 26.1 Å². The molecular weight excluding hydrogens is 961 g/mol. The van der Waals surface area contributed by atoms with Crippen LogP contribution in [0.5, 0.6) is 0 Å². The van der Waals surface area contributed by atoms with E-state index in [9.17, 15) is 38.7 Å². The van der Waals surface area contributed by atoms with Gasteiger partial charge < -0.3 is 63.8 Å². The SMILES string of the molecule is CC[C@H]1OC(=O)[C@H](C)[C@@H](O[C@H]2C[C@@](C)(OC)[C@@H](O)[C@H](C)O2)[C@H](C)[C@@H](O[C@@H]2O[C@H](C)C[C@H](N(C)Cc3ccc(S(=O)(=O)NCCN4CCc5ccccc54)cc3)[C@H]2O)[C@](C)(O)C[C@@H](C)CN(C)[C@H](C)[C@@H](O)[C@]1(C)O. The third-order valence-electron chi connectivity index (χ3n) is 16.4. The number of carbonyl (C=O) groups excluding carboxylic acids is 1. The Morgan fingerprint density at radius 1 is 0.918 bits per heavy atom. The van der Waals surface area contributed by atoms with E-state index in [1.165, 1.54) is 19.6 Å². The Bertz CT molecular complexity index is 2220. The summed E-state index contributed by atoms with van der Waals surface area (Å²) in [7, 11) is 1.42. The normalized spacial score (nSPS) is 39.7. The lowest BCUT2D eigenvalue weighted by atomic mass is 9.77. The van der Waals surface area contributed by atoms with Gasteiger partial charge in [0.2, 0.25) is 10.0 Å². The van der Waals surface area contributed by atoms with Crippen LogP contribution in [0.3, 0.4) is 0 Å². The fourth-order valence-electron chi connectivity index (χ4n) is 11.9. The number of methoxy groups -OCH3 is 1. The minimum absolute atomic E-state index is 0.0851. The quantitative estimate of drug-likeness (QED) is 0.148. The number of likely N-dealkylation sites (N-methyl/N-ethyl adjacent to an activating group) is 2. The lowest BCUT2D eigenvalue weighted by molar-refractivity contribution is -0.318. The zero-order chi connectivity index (χ0) is 54.0. The molecule has 0 bridgehead atoms. The molecule has 19 heteroatoms. The van der Waals surface area contributed by atoms with Crippen LogP contribution in [0.15, 0.2) is 53.4 Å². The number of rotatable bonds is 14. The summed E-state index contributed by atoms with van der Waals surface area (Å²) < 4.78 is 67.8. The van der Waals surface area contributed by atoms with E-state index in [1.807, 2.05) is 49.9 Å². The molecule has 3 fully saturated rings. The topological polar surface area (TPSA) is 229 Å². The Hall–Kier alpha value is -2.86. The van der Waals surface area contributed by atoms with Crippen molar-refractivity contribution in [3.05, 3.63) is 59.7 Å². The molecule has 6 N–H and O–H groups in total. The predicted molar refractivity (Wildman–Crippen MR) is 276 cm³/mol. The minimum atomic E-state index is -3.78. The van der Waals surface area contributed by atoms with E-state index < -0.39 is 118 Å². The molecule has 0 aliphatic carbocycles. The first-order chi connectivity index (χ1) is 34.1. The van der Waals surface area contributed by atoms with Gasteiger partial charge in [-0.3, -0.25) is 9.69 Å². The molecule has 2 aromatic rings. The summed E-state index contributed by atoms with van der Waals surface area (Å²) in [4.78, 5) is 20.7. The minimum Gasteiger partial charge on any atom is -0.459 e. The summed E-state index contributed by atoms with van der Waals surface area (Å²) in [5, 5.41) is 59.8. The van der Waals surface area contributed by atoms with Gasteiger partial charge in [0, 0.05) is 69.9 Å². The van der Waals surface area contributed by atoms with Crippen LogP contribution in [0.4, 0.5) is 5.69 Å². The van der Waals surface area contributed by atoms with Crippen LogP contribution in [0, 0.1) is 17.8 Å². The summed E-state index contributed by atoms with van der Waals surface area (Å²) in [6.07, 6.45) is -8.54. The number of benzene rings is 2. The Labute approximate surface area is 434 Å². The number of aliphatic hydroxyl groups excluding tert-OH is 3. The molecule has 18 atom stereocenters. The first kappa shape index (κ1) is 59.4. The standard InChI is InChI=1S/C54H88N4O14S/c1-14-43-54(10,64)47(60)36(6)56(11)30-32(2)28-52(8,63)49(34(4)46(35(5)50(62)70-43)71-44-29-53(9,67-13)48(61)37(7)69-44)72-51-45(59)42(27-33(3)68-51)57(12)31-38-19-21-40(22-20-38)73(65,66)55-24-26-58-25-23-39-17-15-16-18-41(39)58/h15-22,32-37,42-49,51,55,59-61,63-64H,14,23-31H2,1-13H3/t32-,33-,34+,35-,36-,37+,42+,43-,44+,45-,46+,47-,48+,49-,51+,52-,53-,54-/m1/s1. The smallest absolute Gasteiger partial charge is 0.311 e. The Morgan fingerprint density at radius 2 is 1.59 bits per heavy atom. The molecule has 4 aliphatic heterocycles. The van der Waals surface area contributed by atoms with Crippen molar-refractivity contribution < 1.29 is 67.2 Å². The molecule has 0 unspecified atom stereocenters. The highest BCUT2D eigenvalue weighted by Crippen LogP contribution is 2.40. The maximum Gasteiger partial charge on any atom is 0.311 e. The van der Waals surface area contributed by atoms with Gasteiger partial charge in [-0.05, 0) is 123 Å². The maximum atomic E-state index is 14.5. The van der Waals surface area contributed by atoms with Crippen molar-refractivity contribution >= 4 is 21.7 Å². The third kappa shape index (κ3) is 13.6. The van der Waals surface area contributed by atoms with Gasteiger partial charge in [-0.2, -0.15) is 0 Å². The van der Waals surface area contributed by atoms with E-state index in [2.05, 4.69) is 21.8 Å². The molecule has 73 heavy (non-hydrogen) atoms. The van der Waals surface area contributed by atoms with Crippen LogP contribution in [-0.4, -0.2) is 187 Å². The average molecular weight is 1050 g/mol. The highest BCUT2D eigenvalue weighted by Gasteiger charge is 2.53. The molecule has 0 spiro atoms. The van der Waals surface area contributed by atoms with Crippen molar-refractivity contribution in [3.63, 3.8) is 0 Å². The number of sulfonamides is 1. The zero-order valence-corrected chi connectivity index (χ0v) is 46.3. The van der Waals surface area contributed by atoms with Crippen molar-refractivity contribution in [2.75, 3.05) is 52.3 Å². The molecular formula is C54H88N4O14S. The molecule has 2 aromatic carbocycles. The van der Waals surface area contributed by atoms with Gasteiger partial charge in [-0.1, -0.05) is 51.1 Å². The van der Waals surface area contributed by atoms with Gasteiger partial charge in [0.1, 0.15) is 30.0 Å². The largest absolute Gasteiger partial charge is 0.459 e. The second-order valence-electron chi connectivity index (χ2n) is 22.5. The molecule has 0 saturated carbocycles. The molecule has 18 nitrogen and oxygen atoms in total. The molecule has 4 aliphatic rings. The van der Waals surface area contributed by atoms with Crippen molar-refractivity contribution in [2.45, 2.75) is 203 Å². The van der Waals surface area contributed by atoms with Crippen LogP contribution in [0.1, 0.15) is 106 Å². The van der Waals surface area contributed by atoms with E-state index in [4.69, 9.17) is 28.4 Å². The predicted octanol–water partition coefficient (Wildman–Crippen LogP) is 3.81. The fraction of sp³-hybridized carbons (Fsp3) is 0.759. The first-order valence-corrected chi connectivity index (χ1v) is 27.8. The summed E-state index contributed by atoms with van der Waals surface area (Å²) in [5.41, 5.74) is -1.37. The number of aliphatic hydroxyl groups is 5. The van der Waals surface area contributed by atoms with Crippen LogP contribution >= 0.6 is 0 Å². The molecule has 0 amide bonds. The molecule has 3 saturated heterocycles. The third-order valence-corrected chi connectivity index (χ3v) is 17.9. The van der Waals surface area contributed by atoms with E-state index >= 15 is 0 Å². The highest BCUT2D eigenvalue weighted by molar-refractivity contribution is 7.89. The van der Waals surface area contributed by atoms with Crippen LogP contribution in [0.25, 0.3) is 0 Å². The highest BCUT2D eigenvalue weighted by atomic mass is 32.2. The fourth-order valence-corrected chi connectivity index (χ4v) is 12.9. The number of esters is 1. The Morgan fingerprint density at radius 3 is 2.25 bits per heavy atom. The van der Waals surface area contributed by atoms with Gasteiger partial charge in [-0.25, -0.2) is 13.1 Å². The van der Waals surface area contributed by atoms with E-state index in [1.54, 1.807) is 72.7 Å². The number of carbonyl (C=O) groups is 1. The van der Waals surface area contributed by atoms with Crippen molar-refractivity contribution in [2.24, 2.45) is 17.8 Å². The number of cyclic esters (lactones) is 1. The first-order valence-electron chi connectivity index (χ1n) is 26.3. The van der Waals surface area contributed by atoms with Gasteiger partial charge in [0.25, 0.3) is 0 Å². The summed E-state index contributed by atoms with van der Waals surface area (Å²) >= 11 is 0. The number of fused-ring (bicyclic) bond motifs is 1. The monoisotopic (exact) mass is 1050 g/mol. The van der Waals surface area contributed by atoms with Crippen LogP contribution in [0.2, 0.25) is 0 Å². The average Bonchev–Trinajstić information content (AvgIpc) is 3.75. The zero-order valence-electron chi connectivity index (χ0n) is 45.5. The Balaban J connectivity index is 1.25. The number of ether oxygens (including phenoxy) is 6. The Kier molecular flexibility index (Phi) is 19.7. The summed E-state index contributed by atoms with van der Waals surface area (Å²) in [5.74, 6) is -2.87. The van der Waals surface area contributed by atoms with E-state index in [-0.39, 0.29) is 36.6 Å². The summed E-state index contributed by atoms with van der Waals surface area (Å²) in [6.45, 7) is 19.8. The lowest BCUT2D eigenvalue weighted by Gasteiger charge is -2.49. The second-order valence-corrected chi connectivity index (χ2v) is 24.3. The van der Waals surface area contributed by atoms with Crippen molar-refractivity contribution in [1.29, 1.82) is 0 Å². The van der Waals surface area contributed by atoms with Gasteiger partial charge >= 0.3 is 5.97 Å². The molecule has 414 valence electrons. The van der Waals surface area contributed by atoms with E-state index in [0.717, 1.165) is 24.2 Å². The molecule has 6 rings (SSSR count). The molecule has 4 heterocycles. The number of nitrogens with one attached hydrogen (secondary N) is 1. The molecule has 0 aromatic heterocycles. The van der Waals surface area contributed by atoms with Crippen LogP contribution in [-0.2, 0) is 56.2 Å². The number of anilines is 1. The van der Waals surface area contributed by atoms with Gasteiger partial charge in [-0.15, -0.1) is 0 Å². The van der Waals surface area contributed by atoms with Crippen molar-refractivity contribution in [3.8, 4) is 0 Å². The van der Waals surface area contributed by atoms with Crippen LogP contribution < -0.4 is 9.62 Å². The summed E-state index contributed by atoms with van der Waals surface area (Å²) in [6, 6.07) is 13.8. The number of hydrogen-bond donors (Lipinski definition) is 6. The number of nitrogens with zero attached hydrogens (tertiary/aromatic N) is 3. The maximum absolute atomic E-state index is 14.5. The lowest BCUT2D eigenvalue weighted by Crippen LogP contribution is -2.60.